The second-order valence-electron chi connectivity index (χ2n) is 7.60. The lowest BCUT2D eigenvalue weighted by molar-refractivity contribution is -0.384. The van der Waals surface area contributed by atoms with Crippen molar-refractivity contribution in [1.82, 2.24) is 4.90 Å². The van der Waals surface area contributed by atoms with Crippen LogP contribution in [0.3, 0.4) is 0 Å². The summed E-state index contributed by atoms with van der Waals surface area (Å²) in [6.07, 6.45) is 2.03. The monoisotopic (exact) mass is 397 g/mol. The Bertz CT molecular complexity index is 891. The zero-order valence-corrected chi connectivity index (χ0v) is 17.1. The largest absolute Gasteiger partial charge is 0.496 e. The van der Waals surface area contributed by atoms with Gasteiger partial charge in [-0.2, -0.15) is 0 Å². The Kier molecular flexibility index (Phi) is 6.36. The van der Waals surface area contributed by atoms with Gasteiger partial charge in [0, 0.05) is 43.9 Å². The van der Waals surface area contributed by atoms with Crippen molar-refractivity contribution in [2.75, 3.05) is 32.1 Å². The molecule has 3 rings (SSSR count). The molecule has 1 saturated heterocycles. The number of benzene rings is 2. The maximum atomic E-state index is 12.9. The minimum absolute atomic E-state index is 0.0175. The number of nitro groups is 1. The van der Waals surface area contributed by atoms with Crippen LogP contribution < -0.4 is 9.64 Å². The third-order valence-electron chi connectivity index (χ3n) is 5.49. The molecule has 1 aliphatic heterocycles. The van der Waals surface area contributed by atoms with Crippen LogP contribution in [0, 0.1) is 16.0 Å². The molecular weight excluding hydrogens is 370 g/mol. The number of methoxy groups -OCH3 is 1. The van der Waals surface area contributed by atoms with E-state index in [2.05, 4.69) is 6.92 Å². The summed E-state index contributed by atoms with van der Waals surface area (Å²) in [5, 5.41) is 11.7. The van der Waals surface area contributed by atoms with Crippen LogP contribution in [0.2, 0.25) is 0 Å². The molecule has 1 fully saturated rings. The first-order chi connectivity index (χ1) is 13.9. The van der Waals surface area contributed by atoms with Crippen LogP contribution in [-0.2, 0) is 6.54 Å². The van der Waals surface area contributed by atoms with Crippen molar-refractivity contribution < 1.29 is 14.5 Å². The summed E-state index contributed by atoms with van der Waals surface area (Å²) in [6.45, 7) is 4.14. The summed E-state index contributed by atoms with van der Waals surface area (Å²) in [6, 6.07) is 12.3. The molecular formula is C22H27N3O4. The maximum Gasteiger partial charge on any atom is 0.293 e. The number of piperidine rings is 1. The first-order valence-electron chi connectivity index (χ1n) is 9.81. The smallest absolute Gasteiger partial charge is 0.293 e. The van der Waals surface area contributed by atoms with Crippen LogP contribution in [0.5, 0.6) is 5.75 Å². The van der Waals surface area contributed by atoms with E-state index in [9.17, 15) is 14.9 Å². The number of para-hydroxylation sites is 1. The molecule has 7 nitrogen and oxygen atoms in total. The first-order valence-corrected chi connectivity index (χ1v) is 9.81. The van der Waals surface area contributed by atoms with E-state index in [-0.39, 0.29) is 11.6 Å². The third-order valence-corrected chi connectivity index (χ3v) is 5.49. The summed E-state index contributed by atoms with van der Waals surface area (Å²) in [4.78, 5) is 27.8. The third kappa shape index (κ3) is 4.67. The number of hydrogen-bond acceptors (Lipinski definition) is 5. The average molecular weight is 397 g/mol. The van der Waals surface area contributed by atoms with Crippen LogP contribution in [-0.4, -0.2) is 43.0 Å². The van der Waals surface area contributed by atoms with Crippen molar-refractivity contribution in [1.29, 1.82) is 0 Å². The fraction of sp³-hybridized carbons (Fsp3) is 0.409. The summed E-state index contributed by atoms with van der Waals surface area (Å²) < 4.78 is 5.34. The highest BCUT2D eigenvalue weighted by molar-refractivity contribution is 5.95. The average Bonchev–Trinajstić information content (AvgIpc) is 2.73. The van der Waals surface area contributed by atoms with Crippen LogP contribution in [0.4, 0.5) is 11.4 Å². The molecule has 2 aromatic rings. The second kappa shape index (κ2) is 8.94. The topological polar surface area (TPSA) is 75.9 Å². The van der Waals surface area contributed by atoms with Gasteiger partial charge in [0.2, 0.25) is 0 Å². The predicted octanol–water partition coefficient (Wildman–Crippen LogP) is 4.11. The lowest BCUT2D eigenvalue weighted by atomic mass is 9.98. The number of nitrogens with zero attached hydrogens (tertiary/aromatic N) is 3. The van der Waals surface area contributed by atoms with E-state index in [4.69, 9.17) is 4.74 Å². The molecule has 1 aliphatic rings. The zero-order valence-electron chi connectivity index (χ0n) is 17.1. The van der Waals surface area contributed by atoms with Gasteiger partial charge in [0.15, 0.2) is 0 Å². The summed E-state index contributed by atoms with van der Waals surface area (Å²) >= 11 is 0. The molecule has 0 radical (unpaired) electrons. The highest BCUT2D eigenvalue weighted by Gasteiger charge is 2.25. The molecule has 7 heteroatoms. The Labute approximate surface area is 171 Å². The molecule has 154 valence electrons. The van der Waals surface area contributed by atoms with Gasteiger partial charge < -0.3 is 14.5 Å². The van der Waals surface area contributed by atoms with E-state index >= 15 is 0 Å². The SMILES string of the molecule is COc1ccccc1CN(C)C(=O)c1ccc(N2CCC(C)CC2)c([N+](=O)[O-])c1. The van der Waals surface area contributed by atoms with Crippen LogP contribution >= 0.6 is 0 Å². The van der Waals surface area contributed by atoms with E-state index in [1.807, 2.05) is 29.2 Å². The Morgan fingerprint density at radius 3 is 2.59 bits per heavy atom. The van der Waals surface area contributed by atoms with E-state index in [0.29, 0.717) is 29.5 Å². The Morgan fingerprint density at radius 2 is 1.93 bits per heavy atom. The maximum absolute atomic E-state index is 12.9. The lowest BCUT2D eigenvalue weighted by Gasteiger charge is -2.31. The number of hydrogen-bond donors (Lipinski definition) is 0. The van der Waals surface area contributed by atoms with Crippen molar-refractivity contribution in [3.8, 4) is 5.75 Å². The molecule has 0 aromatic heterocycles. The second-order valence-corrected chi connectivity index (χ2v) is 7.60. The first kappa shape index (κ1) is 20.6. The summed E-state index contributed by atoms with van der Waals surface area (Å²) in [7, 11) is 3.27. The number of rotatable bonds is 6. The Hall–Kier alpha value is -3.09. The minimum atomic E-state index is -0.398. The van der Waals surface area contributed by atoms with E-state index in [1.165, 1.54) is 6.07 Å². The van der Waals surface area contributed by atoms with E-state index < -0.39 is 4.92 Å². The van der Waals surface area contributed by atoms with Crippen molar-refractivity contribution in [3.63, 3.8) is 0 Å². The van der Waals surface area contributed by atoms with Gasteiger partial charge >= 0.3 is 0 Å². The molecule has 1 heterocycles. The van der Waals surface area contributed by atoms with Gasteiger partial charge in [-0.05, 0) is 37.0 Å². The van der Waals surface area contributed by atoms with Gasteiger partial charge in [0.25, 0.3) is 11.6 Å². The van der Waals surface area contributed by atoms with Crippen LogP contribution in [0.1, 0.15) is 35.7 Å². The van der Waals surface area contributed by atoms with Gasteiger partial charge in [-0.1, -0.05) is 25.1 Å². The van der Waals surface area contributed by atoms with E-state index in [1.54, 1.807) is 31.2 Å². The standard InChI is InChI=1S/C22H27N3O4/c1-16-10-12-24(13-11-16)19-9-8-17(14-20(19)25(27)28)22(26)23(2)15-18-6-4-5-7-21(18)29-3/h4-9,14,16H,10-13,15H2,1-3H3. The zero-order chi connectivity index (χ0) is 21.0. The van der Waals surface area contributed by atoms with Crippen molar-refractivity contribution in [2.45, 2.75) is 26.3 Å². The number of anilines is 1. The van der Waals surface area contributed by atoms with Gasteiger partial charge in [-0.25, -0.2) is 0 Å². The van der Waals surface area contributed by atoms with Crippen molar-refractivity contribution in [2.24, 2.45) is 5.92 Å². The number of carbonyl (C=O) groups is 1. The molecule has 0 atom stereocenters. The molecule has 0 unspecified atom stereocenters. The number of amides is 1. The van der Waals surface area contributed by atoms with Gasteiger partial charge in [0.05, 0.1) is 12.0 Å². The number of ether oxygens (including phenoxy) is 1. The van der Waals surface area contributed by atoms with Crippen LogP contribution in [0.15, 0.2) is 42.5 Å². The highest BCUT2D eigenvalue weighted by Crippen LogP contribution is 2.32. The molecule has 1 amide bonds. The van der Waals surface area contributed by atoms with Gasteiger partial charge in [0.1, 0.15) is 11.4 Å². The van der Waals surface area contributed by atoms with Gasteiger partial charge in [-0.15, -0.1) is 0 Å². The number of nitro benzene ring substituents is 1. The van der Waals surface area contributed by atoms with Crippen molar-refractivity contribution in [3.05, 3.63) is 63.7 Å². The van der Waals surface area contributed by atoms with Gasteiger partial charge in [-0.3, -0.25) is 14.9 Å². The molecule has 0 saturated carbocycles. The molecule has 0 N–H and O–H groups in total. The summed E-state index contributed by atoms with van der Waals surface area (Å²) in [5.41, 5.74) is 1.75. The molecule has 2 aromatic carbocycles. The normalized spacial score (nSPS) is 14.5. The Morgan fingerprint density at radius 1 is 1.24 bits per heavy atom. The predicted molar refractivity (Wildman–Crippen MR) is 112 cm³/mol. The molecule has 0 spiro atoms. The molecule has 0 bridgehead atoms. The highest BCUT2D eigenvalue weighted by atomic mass is 16.6. The lowest BCUT2D eigenvalue weighted by Crippen LogP contribution is -2.33. The van der Waals surface area contributed by atoms with E-state index in [0.717, 1.165) is 31.5 Å². The fourth-order valence-electron chi connectivity index (χ4n) is 3.70. The molecule has 29 heavy (non-hydrogen) atoms. The fourth-order valence-corrected chi connectivity index (χ4v) is 3.70. The summed E-state index contributed by atoms with van der Waals surface area (Å²) in [5.74, 6) is 1.07. The van der Waals surface area contributed by atoms with Crippen molar-refractivity contribution >= 4 is 17.3 Å². The minimum Gasteiger partial charge on any atom is -0.496 e. The number of carbonyl (C=O) groups excluding carboxylic acids is 1. The molecule has 0 aliphatic carbocycles. The quantitative estimate of drug-likeness (QED) is 0.542. The van der Waals surface area contributed by atoms with Crippen LogP contribution in [0.25, 0.3) is 0 Å². The Balaban J connectivity index is 1.81.